The van der Waals surface area contributed by atoms with Gasteiger partial charge in [0.05, 0.1) is 23.2 Å². The van der Waals surface area contributed by atoms with Gasteiger partial charge in [-0.2, -0.15) is 4.99 Å². The molecule has 1 rings (SSSR count). The molecule has 0 unspecified atom stereocenters. The molecule has 0 spiro atoms. The Balaban J connectivity index is 2.99. The summed E-state index contributed by atoms with van der Waals surface area (Å²) in [6.45, 7) is 6.99. The Bertz CT molecular complexity index is 562. The first-order valence-corrected chi connectivity index (χ1v) is 6.29. The smallest absolute Gasteiger partial charge is 0.435 e. The van der Waals surface area contributed by atoms with Crippen LogP contribution in [-0.2, 0) is 4.74 Å². The number of aliphatic imine (C=N–C) groups is 1. The first-order valence-electron chi connectivity index (χ1n) is 5.91. The van der Waals surface area contributed by atoms with E-state index in [1.165, 1.54) is 12.4 Å². The monoisotopic (exact) mass is 296 g/mol. The van der Waals surface area contributed by atoms with Gasteiger partial charge in [0.25, 0.3) is 0 Å². The molecule has 108 valence electrons. The van der Waals surface area contributed by atoms with Crippen LogP contribution in [0.3, 0.4) is 0 Å². The molecular formula is C13H17ClN4O2. The zero-order valence-corrected chi connectivity index (χ0v) is 12.6. The molecule has 1 heterocycles. The Hall–Kier alpha value is -1.95. The minimum atomic E-state index is -0.789. The number of aromatic nitrogens is 2. The Kier molecular flexibility index (Phi) is 5.21. The van der Waals surface area contributed by atoms with Crippen molar-refractivity contribution < 1.29 is 9.53 Å². The van der Waals surface area contributed by atoms with E-state index in [9.17, 15) is 4.79 Å². The van der Waals surface area contributed by atoms with E-state index in [1.54, 1.807) is 33.9 Å². The number of nitrogens with zero attached hydrogens (tertiary/aromatic N) is 3. The molecule has 0 atom stereocenters. The van der Waals surface area contributed by atoms with Crippen LogP contribution in [0.25, 0.3) is 5.57 Å². The number of nitrogens with two attached hydrogens (primary N) is 1. The van der Waals surface area contributed by atoms with E-state index in [2.05, 4.69) is 15.0 Å². The molecule has 0 fully saturated rings. The number of aryl methyl sites for hydroxylation is 1. The number of allylic oxidation sites excluding steroid dienone is 1. The minimum Gasteiger partial charge on any atom is -0.442 e. The first-order chi connectivity index (χ1) is 9.23. The minimum absolute atomic E-state index is 0.0957. The summed E-state index contributed by atoms with van der Waals surface area (Å²) in [5, 5.41) is -0.0957. The maximum atomic E-state index is 11.6. The van der Waals surface area contributed by atoms with Crippen LogP contribution in [0.2, 0.25) is 0 Å². The third-order valence-corrected chi connectivity index (χ3v) is 2.29. The standard InChI is InChI=1S/C13H17ClN4O2/c1-8-6-16-7-10(17-8)9(5-15)11(14)18-12(19)20-13(2,3)4/h5-7H,15H2,1-4H3/b9-5-,18-11-. The van der Waals surface area contributed by atoms with E-state index in [1.807, 2.05) is 0 Å². The van der Waals surface area contributed by atoms with E-state index < -0.39 is 11.7 Å². The molecule has 6 nitrogen and oxygen atoms in total. The number of carbonyl (C=O) groups is 1. The quantitative estimate of drug-likeness (QED) is 0.847. The van der Waals surface area contributed by atoms with E-state index in [4.69, 9.17) is 22.1 Å². The van der Waals surface area contributed by atoms with E-state index >= 15 is 0 Å². The Morgan fingerprint density at radius 3 is 2.60 bits per heavy atom. The van der Waals surface area contributed by atoms with Crippen LogP contribution in [0.4, 0.5) is 4.79 Å². The zero-order valence-electron chi connectivity index (χ0n) is 11.8. The summed E-state index contributed by atoms with van der Waals surface area (Å²) in [6, 6.07) is 0. The van der Waals surface area contributed by atoms with Crippen LogP contribution in [0.5, 0.6) is 0 Å². The molecule has 0 radical (unpaired) electrons. The lowest BCUT2D eigenvalue weighted by Crippen LogP contribution is -2.22. The first kappa shape index (κ1) is 16.1. The van der Waals surface area contributed by atoms with Gasteiger partial charge in [0, 0.05) is 12.4 Å². The maximum absolute atomic E-state index is 11.6. The molecule has 20 heavy (non-hydrogen) atoms. The summed E-state index contributed by atoms with van der Waals surface area (Å²) in [5.74, 6) is 0. The average Bonchev–Trinajstić information content (AvgIpc) is 2.26. The summed E-state index contributed by atoms with van der Waals surface area (Å²) in [7, 11) is 0. The highest BCUT2D eigenvalue weighted by molar-refractivity contribution is 6.76. The van der Waals surface area contributed by atoms with Crippen molar-refractivity contribution in [1.29, 1.82) is 0 Å². The second-order valence-corrected chi connectivity index (χ2v) is 5.37. The van der Waals surface area contributed by atoms with E-state index in [-0.39, 0.29) is 5.17 Å². The molecule has 7 heteroatoms. The van der Waals surface area contributed by atoms with Crippen molar-refractivity contribution in [3.63, 3.8) is 0 Å². The van der Waals surface area contributed by atoms with Crippen molar-refractivity contribution >= 4 is 28.4 Å². The second kappa shape index (κ2) is 6.47. The molecule has 0 bridgehead atoms. The van der Waals surface area contributed by atoms with Gasteiger partial charge in [-0.25, -0.2) is 9.78 Å². The SMILES string of the molecule is Cc1cncc(C(=C/N)/C(Cl)=N/C(=O)OC(C)(C)C)n1. The van der Waals surface area contributed by atoms with Crippen molar-refractivity contribution in [2.45, 2.75) is 33.3 Å². The zero-order chi connectivity index (χ0) is 15.3. The van der Waals surface area contributed by atoms with Crippen LogP contribution in [0.15, 0.2) is 23.6 Å². The summed E-state index contributed by atoms with van der Waals surface area (Å²) >= 11 is 5.99. The Labute approximate surface area is 122 Å². The molecule has 0 aliphatic rings. The highest BCUT2D eigenvalue weighted by atomic mass is 35.5. The van der Waals surface area contributed by atoms with Crippen LogP contribution >= 0.6 is 11.6 Å². The number of rotatable bonds is 2. The van der Waals surface area contributed by atoms with Crippen molar-refractivity contribution in [1.82, 2.24) is 9.97 Å². The third-order valence-electron chi connectivity index (χ3n) is 2.00. The molecule has 0 saturated carbocycles. The average molecular weight is 297 g/mol. The lowest BCUT2D eigenvalue weighted by atomic mass is 10.2. The number of amides is 1. The Morgan fingerprint density at radius 1 is 1.45 bits per heavy atom. The predicted octanol–water partition coefficient (Wildman–Crippen LogP) is 2.66. The van der Waals surface area contributed by atoms with Gasteiger partial charge < -0.3 is 10.5 Å². The van der Waals surface area contributed by atoms with Gasteiger partial charge in [0.2, 0.25) is 0 Å². The number of ether oxygens (including phenoxy) is 1. The van der Waals surface area contributed by atoms with Crippen molar-refractivity contribution in [2.24, 2.45) is 10.7 Å². The van der Waals surface area contributed by atoms with Crippen LogP contribution in [0.1, 0.15) is 32.2 Å². The highest BCUT2D eigenvalue weighted by Gasteiger charge is 2.17. The third kappa shape index (κ3) is 4.97. The lowest BCUT2D eigenvalue weighted by molar-refractivity contribution is 0.0605. The molecule has 0 saturated heterocycles. The topological polar surface area (TPSA) is 90.5 Å². The summed E-state index contributed by atoms with van der Waals surface area (Å²) in [4.78, 5) is 23.4. The normalized spacial score (nSPS) is 13.2. The predicted molar refractivity (Wildman–Crippen MR) is 78.5 cm³/mol. The number of halogens is 1. The maximum Gasteiger partial charge on any atom is 0.435 e. The molecule has 0 aliphatic heterocycles. The number of hydrogen-bond acceptors (Lipinski definition) is 5. The highest BCUT2D eigenvalue weighted by Crippen LogP contribution is 2.16. The molecule has 1 amide bonds. The van der Waals surface area contributed by atoms with Crippen LogP contribution in [-0.4, -0.2) is 26.8 Å². The largest absolute Gasteiger partial charge is 0.442 e. The number of hydrogen-bond donors (Lipinski definition) is 1. The van der Waals surface area contributed by atoms with E-state index in [0.717, 1.165) is 0 Å². The number of carbonyl (C=O) groups excluding carboxylic acids is 1. The lowest BCUT2D eigenvalue weighted by Gasteiger charge is -2.17. The van der Waals surface area contributed by atoms with Gasteiger partial charge in [-0.15, -0.1) is 0 Å². The summed E-state index contributed by atoms with van der Waals surface area (Å²) < 4.78 is 5.05. The van der Waals surface area contributed by atoms with Gasteiger partial charge in [0.15, 0.2) is 0 Å². The van der Waals surface area contributed by atoms with Gasteiger partial charge >= 0.3 is 6.09 Å². The molecule has 1 aromatic rings. The molecule has 2 N–H and O–H groups in total. The van der Waals surface area contributed by atoms with E-state index in [0.29, 0.717) is 17.0 Å². The molecule has 0 aromatic carbocycles. The van der Waals surface area contributed by atoms with Crippen molar-refractivity contribution in [3.8, 4) is 0 Å². The van der Waals surface area contributed by atoms with Gasteiger partial charge in [-0.3, -0.25) is 4.98 Å². The fraction of sp³-hybridized carbons (Fsp3) is 0.385. The summed E-state index contributed by atoms with van der Waals surface area (Å²) in [5.41, 5.74) is 6.31. The molecular weight excluding hydrogens is 280 g/mol. The fourth-order valence-corrected chi connectivity index (χ4v) is 1.51. The van der Waals surface area contributed by atoms with Crippen LogP contribution < -0.4 is 5.73 Å². The van der Waals surface area contributed by atoms with Crippen LogP contribution in [0, 0.1) is 6.92 Å². The molecule has 0 aliphatic carbocycles. The van der Waals surface area contributed by atoms with Gasteiger partial charge in [-0.05, 0) is 27.7 Å². The van der Waals surface area contributed by atoms with Gasteiger partial charge in [-0.1, -0.05) is 11.6 Å². The Morgan fingerprint density at radius 2 is 2.10 bits per heavy atom. The molecule has 1 aromatic heterocycles. The van der Waals surface area contributed by atoms with Gasteiger partial charge in [0.1, 0.15) is 10.8 Å². The summed E-state index contributed by atoms with van der Waals surface area (Å²) in [6.07, 6.45) is 3.51. The van der Waals surface area contributed by atoms with Crippen molar-refractivity contribution in [3.05, 3.63) is 30.0 Å². The van der Waals surface area contributed by atoms with Crippen molar-refractivity contribution in [2.75, 3.05) is 0 Å². The fourth-order valence-electron chi connectivity index (χ4n) is 1.28. The second-order valence-electron chi connectivity index (χ2n) is 5.01.